The van der Waals surface area contributed by atoms with Gasteiger partial charge in [-0.1, -0.05) is 68.4 Å². The van der Waals surface area contributed by atoms with Crippen molar-refractivity contribution in [2.75, 3.05) is 39.3 Å². The van der Waals surface area contributed by atoms with Crippen LogP contribution >= 0.6 is 0 Å². The molecular formula is C26H31N3O3. The van der Waals surface area contributed by atoms with E-state index in [1.54, 1.807) is 17.0 Å². The summed E-state index contributed by atoms with van der Waals surface area (Å²) < 4.78 is 0. The first-order valence-electron chi connectivity index (χ1n) is 11.3. The third kappa shape index (κ3) is 4.47. The minimum Gasteiger partial charge on any atom is -0.507 e. The van der Waals surface area contributed by atoms with Crippen molar-refractivity contribution in [3.05, 3.63) is 76.9 Å². The highest BCUT2D eigenvalue weighted by Gasteiger charge is 2.46. The minimum absolute atomic E-state index is 0.119. The van der Waals surface area contributed by atoms with Crippen molar-refractivity contribution in [1.29, 1.82) is 0 Å². The van der Waals surface area contributed by atoms with Crippen LogP contribution in [0.4, 0.5) is 0 Å². The molecule has 0 bridgehead atoms. The number of aliphatic hydroxyl groups excluding tert-OH is 1. The lowest BCUT2D eigenvalue weighted by Crippen LogP contribution is -2.46. The van der Waals surface area contributed by atoms with Crippen molar-refractivity contribution in [2.45, 2.75) is 25.8 Å². The van der Waals surface area contributed by atoms with E-state index in [9.17, 15) is 14.7 Å². The molecule has 2 N–H and O–H groups in total. The van der Waals surface area contributed by atoms with Gasteiger partial charge in [0.05, 0.1) is 11.6 Å². The van der Waals surface area contributed by atoms with E-state index in [4.69, 9.17) is 0 Å². The number of aliphatic hydroxyl groups is 1. The second kappa shape index (κ2) is 9.67. The maximum absolute atomic E-state index is 13.1. The summed E-state index contributed by atoms with van der Waals surface area (Å²) in [5, 5.41) is 14.4. The molecule has 1 unspecified atom stereocenters. The van der Waals surface area contributed by atoms with Gasteiger partial charge < -0.3 is 15.3 Å². The molecule has 32 heavy (non-hydrogen) atoms. The van der Waals surface area contributed by atoms with Gasteiger partial charge in [0.15, 0.2) is 0 Å². The van der Waals surface area contributed by atoms with Crippen molar-refractivity contribution in [3.8, 4) is 0 Å². The first kappa shape index (κ1) is 22.2. The Bertz CT molecular complexity index is 993. The fourth-order valence-corrected chi connectivity index (χ4v) is 4.46. The Kier molecular flexibility index (Phi) is 6.72. The number of Topliss-reactive ketones (excluding diaryl/α,β-unsaturated/α-hetero) is 1. The summed E-state index contributed by atoms with van der Waals surface area (Å²) in [6.45, 7) is 9.07. The number of ketones is 1. The van der Waals surface area contributed by atoms with Gasteiger partial charge in [-0.25, -0.2) is 0 Å². The van der Waals surface area contributed by atoms with Crippen LogP contribution in [0, 0.1) is 0 Å². The standard InChI is InChI=1S/C26H31N3O3/c1-18(2)19-8-10-20(11-9-19)23-22(24(30)21-6-4-3-5-7-21)25(31)26(32)29(23)17-16-28-14-12-27-13-15-28/h3-11,18,23,27,30H,12-17H2,1-2H3/b24-22-. The molecule has 2 aliphatic rings. The Balaban J connectivity index is 1.72. The molecular weight excluding hydrogens is 402 g/mol. The molecule has 0 saturated carbocycles. The first-order chi connectivity index (χ1) is 15.5. The highest BCUT2D eigenvalue weighted by molar-refractivity contribution is 6.46. The predicted molar refractivity (Wildman–Crippen MR) is 125 cm³/mol. The largest absolute Gasteiger partial charge is 0.507 e. The second-order valence-corrected chi connectivity index (χ2v) is 8.77. The molecule has 6 heteroatoms. The molecule has 168 valence electrons. The quantitative estimate of drug-likeness (QED) is 0.416. The Morgan fingerprint density at radius 2 is 1.66 bits per heavy atom. The molecule has 2 aromatic rings. The number of carbonyl (C=O) groups is 2. The minimum atomic E-state index is -0.621. The molecule has 2 aromatic carbocycles. The van der Waals surface area contributed by atoms with Crippen LogP contribution in [0.5, 0.6) is 0 Å². The van der Waals surface area contributed by atoms with Crippen molar-refractivity contribution in [1.82, 2.24) is 15.1 Å². The maximum Gasteiger partial charge on any atom is 0.295 e. The average Bonchev–Trinajstić information content (AvgIpc) is 3.08. The number of hydrogen-bond donors (Lipinski definition) is 2. The number of benzene rings is 2. The van der Waals surface area contributed by atoms with Crippen LogP contribution in [0.3, 0.4) is 0 Å². The SMILES string of the molecule is CC(C)c1ccc(C2/C(=C(/O)c3ccccc3)C(=O)C(=O)N2CCN2CCNCC2)cc1. The van der Waals surface area contributed by atoms with E-state index in [2.05, 4.69) is 24.1 Å². The molecule has 6 nitrogen and oxygen atoms in total. The highest BCUT2D eigenvalue weighted by atomic mass is 16.3. The first-order valence-corrected chi connectivity index (χ1v) is 11.3. The van der Waals surface area contributed by atoms with E-state index >= 15 is 0 Å². The molecule has 2 saturated heterocycles. The zero-order chi connectivity index (χ0) is 22.7. The van der Waals surface area contributed by atoms with Crippen molar-refractivity contribution in [3.63, 3.8) is 0 Å². The Labute approximate surface area is 189 Å². The van der Waals surface area contributed by atoms with Crippen molar-refractivity contribution in [2.24, 2.45) is 0 Å². The molecule has 1 amide bonds. The zero-order valence-electron chi connectivity index (χ0n) is 18.8. The number of likely N-dealkylation sites (tertiary alicyclic amines) is 1. The van der Waals surface area contributed by atoms with Gasteiger partial charge in [0, 0.05) is 44.8 Å². The van der Waals surface area contributed by atoms with Crippen LogP contribution in [-0.2, 0) is 9.59 Å². The van der Waals surface area contributed by atoms with Gasteiger partial charge in [-0.05, 0) is 17.0 Å². The molecule has 1 atom stereocenters. The van der Waals surface area contributed by atoms with Crippen LogP contribution in [-0.4, -0.2) is 65.9 Å². The summed E-state index contributed by atoms with van der Waals surface area (Å²) in [4.78, 5) is 30.1. The number of nitrogens with zero attached hydrogens (tertiary/aromatic N) is 2. The van der Waals surface area contributed by atoms with Gasteiger partial charge >= 0.3 is 0 Å². The monoisotopic (exact) mass is 433 g/mol. The van der Waals surface area contributed by atoms with Crippen LogP contribution in [0.2, 0.25) is 0 Å². The fourth-order valence-electron chi connectivity index (χ4n) is 4.46. The fraction of sp³-hybridized carbons (Fsp3) is 0.385. The normalized spacial score (nSPS) is 21.5. The Morgan fingerprint density at radius 3 is 2.28 bits per heavy atom. The Hall–Kier alpha value is -2.96. The van der Waals surface area contributed by atoms with E-state index in [1.165, 1.54) is 5.56 Å². The smallest absolute Gasteiger partial charge is 0.295 e. The third-order valence-corrected chi connectivity index (χ3v) is 6.37. The maximum atomic E-state index is 13.1. The van der Waals surface area contributed by atoms with Crippen LogP contribution in [0.25, 0.3) is 5.76 Å². The summed E-state index contributed by atoms with van der Waals surface area (Å²) >= 11 is 0. The van der Waals surface area contributed by atoms with E-state index in [0.717, 1.165) is 31.7 Å². The molecule has 4 rings (SSSR count). The molecule has 0 spiro atoms. The summed E-state index contributed by atoms with van der Waals surface area (Å²) in [5.74, 6) is -0.904. The lowest BCUT2D eigenvalue weighted by molar-refractivity contribution is -0.140. The highest BCUT2D eigenvalue weighted by Crippen LogP contribution is 2.39. The number of nitrogens with one attached hydrogen (secondary N) is 1. The van der Waals surface area contributed by atoms with Crippen LogP contribution < -0.4 is 5.32 Å². The van der Waals surface area contributed by atoms with E-state index in [0.29, 0.717) is 24.6 Å². The average molecular weight is 434 g/mol. The van der Waals surface area contributed by atoms with Gasteiger partial charge in [0.1, 0.15) is 5.76 Å². The zero-order valence-corrected chi connectivity index (χ0v) is 18.8. The number of piperazine rings is 1. The van der Waals surface area contributed by atoms with Crippen molar-refractivity contribution >= 4 is 17.4 Å². The van der Waals surface area contributed by atoms with E-state index < -0.39 is 17.7 Å². The van der Waals surface area contributed by atoms with Gasteiger partial charge in [-0.15, -0.1) is 0 Å². The molecule has 0 aromatic heterocycles. The molecule has 0 aliphatic carbocycles. The van der Waals surface area contributed by atoms with Gasteiger partial charge in [-0.2, -0.15) is 0 Å². The predicted octanol–water partition coefficient (Wildman–Crippen LogP) is 3.14. The van der Waals surface area contributed by atoms with E-state index in [-0.39, 0.29) is 11.3 Å². The van der Waals surface area contributed by atoms with Gasteiger partial charge in [0.25, 0.3) is 11.7 Å². The molecule has 2 fully saturated rings. The lowest BCUT2D eigenvalue weighted by atomic mass is 9.93. The van der Waals surface area contributed by atoms with Crippen LogP contribution in [0.1, 0.15) is 42.5 Å². The Morgan fingerprint density at radius 1 is 1.00 bits per heavy atom. The number of amides is 1. The topological polar surface area (TPSA) is 72.9 Å². The molecule has 2 aliphatic heterocycles. The van der Waals surface area contributed by atoms with Gasteiger partial charge in [0.2, 0.25) is 0 Å². The molecule has 2 heterocycles. The van der Waals surface area contributed by atoms with Crippen LogP contribution in [0.15, 0.2) is 60.2 Å². The summed E-state index contributed by atoms with van der Waals surface area (Å²) in [6, 6.07) is 16.4. The molecule has 0 radical (unpaired) electrons. The van der Waals surface area contributed by atoms with E-state index in [1.807, 2.05) is 42.5 Å². The van der Waals surface area contributed by atoms with Crippen molar-refractivity contribution < 1.29 is 14.7 Å². The lowest BCUT2D eigenvalue weighted by Gasteiger charge is -2.31. The number of rotatable bonds is 6. The van der Waals surface area contributed by atoms with Gasteiger partial charge in [-0.3, -0.25) is 14.5 Å². The number of carbonyl (C=O) groups excluding carboxylic acids is 2. The second-order valence-electron chi connectivity index (χ2n) is 8.77. The summed E-state index contributed by atoms with van der Waals surface area (Å²) in [5.41, 5.74) is 2.73. The summed E-state index contributed by atoms with van der Waals surface area (Å²) in [7, 11) is 0. The summed E-state index contributed by atoms with van der Waals surface area (Å²) in [6.07, 6.45) is 0. The third-order valence-electron chi connectivity index (χ3n) is 6.37. The number of hydrogen-bond acceptors (Lipinski definition) is 5.